The number of nitriles is 1. The lowest BCUT2D eigenvalue weighted by molar-refractivity contribution is -0.137. The highest BCUT2D eigenvalue weighted by Crippen LogP contribution is 2.32. The van der Waals surface area contributed by atoms with Crippen LogP contribution in [0, 0.1) is 23.2 Å². The third-order valence-electron chi connectivity index (χ3n) is 5.76. The Morgan fingerprint density at radius 1 is 1.20 bits per heavy atom. The summed E-state index contributed by atoms with van der Waals surface area (Å²) in [6.45, 7) is 7.93. The van der Waals surface area contributed by atoms with Crippen molar-refractivity contribution in [2.75, 3.05) is 45.9 Å². The van der Waals surface area contributed by atoms with Crippen LogP contribution in [0.4, 0.5) is 0 Å². The largest absolute Gasteiger partial charge is 0.379 e. The summed E-state index contributed by atoms with van der Waals surface area (Å²) in [6.07, 6.45) is 8.81. The standard InChI is InChI=1S/C20H35N3O2/c1-2-3-5-18-6-8-19(9-7-18)20(24)23(11-4-10-21)13-12-22-14-16-25-17-15-22/h18-19H,2-9,11-17H2,1H3. The van der Waals surface area contributed by atoms with Gasteiger partial charge in [-0.15, -0.1) is 0 Å². The molecule has 0 aromatic carbocycles. The van der Waals surface area contributed by atoms with Crippen molar-refractivity contribution in [3.05, 3.63) is 0 Å². The van der Waals surface area contributed by atoms with E-state index in [9.17, 15) is 4.79 Å². The number of carbonyl (C=O) groups is 1. The molecule has 1 saturated heterocycles. The van der Waals surface area contributed by atoms with Crippen LogP contribution in [0.1, 0.15) is 58.3 Å². The Labute approximate surface area is 153 Å². The summed E-state index contributed by atoms with van der Waals surface area (Å²) < 4.78 is 5.39. The van der Waals surface area contributed by atoms with E-state index < -0.39 is 0 Å². The van der Waals surface area contributed by atoms with E-state index in [1.807, 2.05) is 4.90 Å². The second-order valence-electron chi connectivity index (χ2n) is 7.55. The normalized spacial score (nSPS) is 24.6. The Hall–Kier alpha value is -1.12. The molecule has 2 rings (SSSR count). The number of amides is 1. The van der Waals surface area contributed by atoms with Crippen LogP contribution in [-0.4, -0.2) is 61.6 Å². The first-order chi connectivity index (χ1) is 12.2. The van der Waals surface area contributed by atoms with Crippen molar-refractivity contribution in [3.8, 4) is 6.07 Å². The lowest BCUT2D eigenvalue weighted by Gasteiger charge is -2.34. The molecule has 0 unspecified atom stereocenters. The SMILES string of the molecule is CCCCC1CCC(C(=O)N(CCC#N)CCN2CCOCC2)CC1. The summed E-state index contributed by atoms with van der Waals surface area (Å²) in [5, 5.41) is 8.93. The van der Waals surface area contributed by atoms with Crippen molar-refractivity contribution in [1.82, 2.24) is 9.80 Å². The minimum Gasteiger partial charge on any atom is -0.379 e. The van der Waals surface area contributed by atoms with Gasteiger partial charge in [-0.2, -0.15) is 5.26 Å². The van der Waals surface area contributed by atoms with Crippen LogP contribution in [0.3, 0.4) is 0 Å². The van der Waals surface area contributed by atoms with Gasteiger partial charge in [-0.05, 0) is 31.6 Å². The summed E-state index contributed by atoms with van der Waals surface area (Å²) in [5.74, 6) is 1.30. The Kier molecular flexibility index (Phi) is 9.28. The maximum atomic E-state index is 13.0. The molecule has 0 radical (unpaired) electrons. The van der Waals surface area contributed by atoms with Crippen LogP contribution in [0.5, 0.6) is 0 Å². The molecule has 1 aliphatic heterocycles. The zero-order valence-corrected chi connectivity index (χ0v) is 15.9. The third kappa shape index (κ3) is 6.95. The highest BCUT2D eigenvalue weighted by atomic mass is 16.5. The first kappa shape index (κ1) is 20.2. The van der Waals surface area contributed by atoms with Gasteiger partial charge < -0.3 is 9.64 Å². The summed E-state index contributed by atoms with van der Waals surface area (Å²) >= 11 is 0. The number of hydrogen-bond donors (Lipinski definition) is 0. The average molecular weight is 350 g/mol. The van der Waals surface area contributed by atoms with Gasteiger partial charge in [0.2, 0.25) is 5.91 Å². The fourth-order valence-electron chi connectivity index (χ4n) is 4.05. The topological polar surface area (TPSA) is 56.6 Å². The van der Waals surface area contributed by atoms with Crippen LogP contribution in [-0.2, 0) is 9.53 Å². The molecular weight excluding hydrogens is 314 g/mol. The van der Waals surface area contributed by atoms with Gasteiger partial charge in [0.15, 0.2) is 0 Å². The summed E-state index contributed by atoms with van der Waals surface area (Å²) in [5.41, 5.74) is 0. The van der Waals surface area contributed by atoms with Crippen LogP contribution in [0.15, 0.2) is 0 Å². The van der Waals surface area contributed by atoms with Crippen LogP contribution < -0.4 is 0 Å². The number of morpholine rings is 1. The zero-order chi connectivity index (χ0) is 17.9. The molecule has 0 aromatic rings. The van der Waals surface area contributed by atoms with E-state index in [0.29, 0.717) is 13.0 Å². The first-order valence-electron chi connectivity index (χ1n) is 10.2. The van der Waals surface area contributed by atoms with Crippen LogP contribution in [0.2, 0.25) is 0 Å². The molecule has 1 aliphatic carbocycles. The first-order valence-corrected chi connectivity index (χ1v) is 10.2. The van der Waals surface area contributed by atoms with Gasteiger partial charge in [0.05, 0.1) is 25.7 Å². The molecule has 25 heavy (non-hydrogen) atoms. The monoisotopic (exact) mass is 349 g/mol. The smallest absolute Gasteiger partial charge is 0.225 e. The molecule has 5 heteroatoms. The maximum Gasteiger partial charge on any atom is 0.225 e. The number of carbonyl (C=O) groups excluding carboxylic acids is 1. The second kappa shape index (κ2) is 11.5. The maximum absolute atomic E-state index is 13.0. The highest BCUT2D eigenvalue weighted by Gasteiger charge is 2.29. The van der Waals surface area contributed by atoms with Crippen molar-refractivity contribution in [2.24, 2.45) is 11.8 Å². The van der Waals surface area contributed by atoms with Gasteiger partial charge in [-0.25, -0.2) is 0 Å². The quantitative estimate of drug-likeness (QED) is 0.642. The van der Waals surface area contributed by atoms with Crippen molar-refractivity contribution < 1.29 is 9.53 Å². The molecular formula is C20H35N3O2. The fourth-order valence-corrected chi connectivity index (χ4v) is 4.05. The molecule has 2 aliphatic rings. The van der Waals surface area contributed by atoms with E-state index in [2.05, 4.69) is 17.9 Å². The van der Waals surface area contributed by atoms with Crippen LogP contribution in [0.25, 0.3) is 0 Å². The Balaban J connectivity index is 1.79. The minimum absolute atomic E-state index is 0.182. The molecule has 0 aromatic heterocycles. The zero-order valence-electron chi connectivity index (χ0n) is 15.9. The predicted octanol–water partition coefficient (Wildman–Crippen LogP) is 3.06. The van der Waals surface area contributed by atoms with Gasteiger partial charge in [0.25, 0.3) is 0 Å². The molecule has 5 nitrogen and oxygen atoms in total. The number of ether oxygens (including phenoxy) is 1. The lowest BCUT2D eigenvalue weighted by atomic mass is 9.79. The number of nitrogens with zero attached hydrogens (tertiary/aromatic N) is 3. The summed E-state index contributed by atoms with van der Waals surface area (Å²) in [4.78, 5) is 17.3. The molecule has 2 fully saturated rings. The van der Waals surface area contributed by atoms with E-state index in [-0.39, 0.29) is 11.8 Å². The molecule has 142 valence electrons. The van der Waals surface area contributed by atoms with E-state index >= 15 is 0 Å². The third-order valence-corrected chi connectivity index (χ3v) is 5.76. The Morgan fingerprint density at radius 2 is 1.92 bits per heavy atom. The summed E-state index contributed by atoms with van der Waals surface area (Å²) in [7, 11) is 0. The molecule has 1 heterocycles. The molecule has 0 spiro atoms. The molecule has 1 saturated carbocycles. The number of hydrogen-bond acceptors (Lipinski definition) is 4. The predicted molar refractivity (Wildman–Crippen MR) is 99.0 cm³/mol. The Bertz CT molecular complexity index is 421. The van der Waals surface area contributed by atoms with E-state index in [1.54, 1.807) is 0 Å². The van der Waals surface area contributed by atoms with Gasteiger partial charge in [-0.1, -0.05) is 26.2 Å². The molecule has 0 N–H and O–H groups in total. The van der Waals surface area contributed by atoms with Crippen molar-refractivity contribution >= 4 is 5.91 Å². The van der Waals surface area contributed by atoms with Crippen molar-refractivity contribution in [3.63, 3.8) is 0 Å². The number of unbranched alkanes of at least 4 members (excludes halogenated alkanes) is 1. The van der Waals surface area contributed by atoms with Gasteiger partial charge in [-0.3, -0.25) is 9.69 Å². The van der Waals surface area contributed by atoms with Gasteiger partial charge in [0.1, 0.15) is 0 Å². The molecule has 1 amide bonds. The van der Waals surface area contributed by atoms with Gasteiger partial charge >= 0.3 is 0 Å². The van der Waals surface area contributed by atoms with Crippen LogP contribution >= 0.6 is 0 Å². The van der Waals surface area contributed by atoms with Crippen molar-refractivity contribution in [2.45, 2.75) is 58.3 Å². The van der Waals surface area contributed by atoms with Crippen molar-refractivity contribution in [1.29, 1.82) is 5.26 Å². The van der Waals surface area contributed by atoms with E-state index in [4.69, 9.17) is 10.00 Å². The lowest BCUT2D eigenvalue weighted by Crippen LogP contribution is -2.45. The van der Waals surface area contributed by atoms with Gasteiger partial charge in [0, 0.05) is 38.6 Å². The molecule has 0 atom stereocenters. The fraction of sp³-hybridized carbons (Fsp3) is 0.900. The van der Waals surface area contributed by atoms with E-state index in [0.717, 1.165) is 58.2 Å². The van der Waals surface area contributed by atoms with E-state index in [1.165, 1.54) is 32.1 Å². The number of rotatable bonds is 9. The minimum atomic E-state index is 0.182. The highest BCUT2D eigenvalue weighted by molar-refractivity contribution is 5.79. The molecule has 0 bridgehead atoms. The average Bonchev–Trinajstić information content (AvgIpc) is 2.67. The second-order valence-corrected chi connectivity index (χ2v) is 7.55. The Morgan fingerprint density at radius 3 is 2.56 bits per heavy atom. The summed E-state index contributed by atoms with van der Waals surface area (Å²) in [6, 6.07) is 2.20.